The number of amides is 1. The highest BCUT2D eigenvalue weighted by atomic mass is 16.3. The second kappa shape index (κ2) is 6.65. The quantitative estimate of drug-likeness (QED) is 0.597. The average Bonchev–Trinajstić information content (AvgIpc) is 3.29. The van der Waals surface area contributed by atoms with Crippen LogP contribution in [0.15, 0.2) is 77.5 Å². The van der Waals surface area contributed by atoms with Crippen molar-refractivity contribution in [1.29, 1.82) is 0 Å². The maximum absolute atomic E-state index is 12.4. The molecule has 3 heterocycles. The van der Waals surface area contributed by atoms with Crippen molar-refractivity contribution in [3.05, 3.63) is 78.9 Å². The lowest BCUT2D eigenvalue weighted by atomic mass is 10.1. The number of anilines is 1. The molecule has 124 valence electrons. The van der Waals surface area contributed by atoms with E-state index < -0.39 is 0 Å². The molecular weight excluding hydrogens is 314 g/mol. The predicted octanol–water partition coefficient (Wildman–Crippen LogP) is 4.17. The zero-order chi connectivity index (χ0) is 17.1. The number of nitrogens with zero attached hydrogens (tertiary/aromatic N) is 2. The topological polar surface area (TPSA) is 59.5 Å². The molecule has 3 aromatic heterocycles. The van der Waals surface area contributed by atoms with Gasteiger partial charge >= 0.3 is 0 Å². The number of furan rings is 1. The molecule has 0 saturated heterocycles. The van der Waals surface area contributed by atoms with E-state index in [1.165, 1.54) is 0 Å². The molecule has 4 rings (SSSR count). The zero-order valence-electron chi connectivity index (χ0n) is 13.6. The molecule has 1 aromatic carbocycles. The molecule has 0 bridgehead atoms. The van der Waals surface area contributed by atoms with Crippen LogP contribution in [0.2, 0.25) is 0 Å². The molecule has 0 aliphatic heterocycles. The Labute approximate surface area is 144 Å². The molecule has 0 aliphatic rings. The lowest BCUT2D eigenvalue weighted by Crippen LogP contribution is -2.14. The van der Waals surface area contributed by atoms with Crippen molar-refractivity contribution in [2.24, 2.45) is 0 Å². The van der Waals surface area contributed by atoms with Gasteiger partial charge in [-0.05, 0) is 24.3 Å². The Balaban J connectivity index is 1.64. The van der Waals surface area contributed by atoms with E-state index in [-0.39, 0.29) is 5.91 Å². The molecule has 25 heavy (non-hydrogen) atoms. The van der Waals surface area contributed by atoms with Gasteiger partial charge < -0.3 is 9.73 Å². The molecule has 4 aromatic rings. The lowest BCUT2D eigenvalue weighted by molar-refractivity contribution is -0.116. The maximum Gasteiger partial charge on any atom is 0.225 e. The van der Waals surface area contributed by atoms with E-state index in [0.717, 1.165) is 22.7 Å². The van der Waals surface area contributed by atoms with E-state index in [1.807, 2.05) is 71.3 Å². The second-order valence-corrected chi connectivity index (χ2v) is 5.73. The number of aromatic nitrogens is 2. The molecule has 1 N–H and O–H groups in total. The molecular formula is C20H17N3O2. The molecule has 1 amide bonds. The number of hydrogen-bond donors (Lipinski definition) is 1. The number of aryl methyl sites for hydroxylation is 1. The summed E-state index contributed by atoms with van der Waals surface area (Å²) in [7, 11) is 0. The summed E-state index contributed by atoms with van der Waals surface area (Å²) >= 11 is 0. The summed E-state index contributed by atoms with van der Waals surface area (Å²) < 4.78 is 7.18. The van der Waals surface area contributed by atoms with Crippen LogP contribution in [0, 0.1) is 0 Å². The normalized spacial score (nSPS) is 10.9. The number of carbonyl (C=O) groups is 1. The van der Waals surface area contributed by atoms with Gasteiger partial charge in [-0.25, -0.2) is 4.98 Å². The van der Waals surface area contributed by atoms with Crippen LogP contribution in [0.5, 0.6) is 0 Å². The Bertz CT molecular complexity index is 988. The van der Waals surface area contributed by atoms with Crippen molar-refractivity contribution >= 4 is 17.4 Å². The SMILES string of the molecule is O=C(CCc1ccco1)Nc1c(-c2ccccc2)nc2ccccn12. The van der Waals surface area contributed by atoms with Crippen LogP contribution in [-0.2, 0) is 11.2 Å². The minimum atomic E-state index is -0.0702. The summed E-state index contributed by atoms with van der Waals surface area (Å²) in [4.78, 5) is 17.1. The Hall–Kier alpha value is -3.34. The fourth-order valence-electron chi connectivity index (χ4n) is 2.80. The van der Waals surface area contributed by atoms with Crippen LogP contribution in [0.1, 0.15) is 12.2 Å². The Morgan fingerprint density at radius 1 is 1.04 bits per heavy atom. The van der Waals surface area contributed by atoms with Gasteiger partial charge in [0.05, 0.1) is 6.26 Å². The first-order valence-electron chi connectivity index (χ1n) is 8.16. The zero-order valence-corrected chi connectivity index (χ0v) is 13.6. The van der Waals surface area contributed by atoms with E-state index in [2.05, 4.69) is 10.3 Å². The standard InChI is InChI=1S/C20H17N3O2/c24-18(12-11-16-9-6-14-25-16)22-20-19(15-7-2-1-3-8-15)21-17-10-4-5-13-23(17)20/h1-10,13-14H,11-12H2,(H,22,24). The number of benzene rings is 1. The summed E-state index contributed by atoms with van der Waals surface area (Å²) in [6.45, 7) is 0. The van der Waals surface area contributed by atoms with Crippen LogP contribution < -0.4 is 5.32 Å². The van der Waals surface area contributed by atoms with Crippen molar-refractivity contribution in [2.75, 3.05) is 5.32 Å². The third kappa shape index (κ3) is 3.17. The highest BCUT2D eigenvalue weighted by Crippen LogP contribution is 2.28. The van der Waals surface area contributed by atoms with Crippen molar-refractivity contribution in [2.45, 2.75) is 12.8 Å². The van der Waals surface area contributed by atoms with Crippen LogP contribution in [0.25, 0.3) is 16.9 Å². The van der Waals surface area contributed by atoms with E-state index >= 15 is 0 Å². The van der Waals surface area contributed by atoms with Crippen molar-refractivity contribution in [3.8, 4) is 11.3 Å². The van der Waals surface area contributed by atoms with Gasteiger partial charge in [-0.1, -0.05) is 36.4 Å². The Morgan fingerprint density at radius 3 is 2.68 bits per heavy atom. The smallest absolute Gasteiger partial charge is 0.225 e. The molecule has 5 heteroatoms. The Kier molecular flexibility index (Phi) is 4.04. The number of nitrogens with one attached hydrogen (secondary N) is 1. The first kappa shape index (κ1) is 15.2. The van der Waals surface area contributed by atoms with Gasteiger partial charge in [0.2, 0.25) is 5.91 Å². The van der Waals surface area contributed by atoms with Gasteiger partial charge in [0.15, 0.2) is 0 Å². The fraction of sp³-hybridized carbons (Fsp3) is 0.100. The van der Waals surface area contributed by atoms with Crippen molar-refractivity contribution in [3.63, 3.8) is 0 Å². The van der Waals surface area contributed by atoms with Crippen molar-refractivity contribution in [1.82, 2.24) is 9.38 Å². The van der Waals surface area contributed by atoms with E-state index in [4.69, 9.17) is 4.42 Å². The summed E-state index contributed by atoms with van der Waals surface area (Å²) in [5.41, 5.74) is 2.52. The third-order valence-corrected chi connectivity index (χ3v) is 4.01. The number of pyridine rings is 1. The number of imidazole rings is 1. The molecule has 0 aliphatic carbocycles. The number of carbonyl (C=O) groups excluding carboxylic acids is 1. The molecule has 0 radical (unpaired) electrons. The summed E-state index contributed by atoms with van der Waals surface area (Å²) in [5.74, 6) is 1.42. The summed E-state index contributed by atoms with van der Waals surface area (Å²) in [6.07, 6.45) is 4.43. The first-order valence-corrected chi connectivity index (χ1v) is 8.16. The third-order valence-electron chi connectivity index (χ3n) is 4.01. The highest BCUT2D eigenvalue weighted by molar-refractivity contribution is 5.94. The number of hydrogen-bond acceptors (Lipinski definition) is 3. The van der Waals surface area contributed by atoms with Gasteiger partial charge in [-0.15, -0.1) is 0 Å². The van der Waals surface area contributed by atoms with E-state index in [9.17, 15) is 4.79 Å². The monoisotopic (exact) mass is 331 g/mol. The first-order chi connectivity index (χ1) is 12.3. The van der Waals surface area contributed by atoms with Gasteiger partial charge in [0, 0.05) is 24.6 Å². The molecule has 0 atom stereocenters. The number of fused-ring (bicyclic) bond motifs is 1. The van der Waals surface area contributed by atoms with Crippen LogP contribution >= 0.6 is 0 Å². The van der Waals surface area contributed by atoms with Gasteiger partial charge in [0.1, 0.15) is 22.9 Å². The molecule has 0 spiro atoms. The summed E-state index contributed by atoms with van der Waals surface area (Å²) in [5, 5.41) is 3.01. The number of rotatable bonds is 5. The highest BCUT2D eigenvalue weighted by Gasteiger charge is 2.16. The minimum Gasteiger partial charge on any atom is -0.469 e. The summed E-state index contributed by atoms with van der Waals surface area (Å²) in [6, 6.07) is 19.3. The van der Waals surface area contributed by atoms with E-state index in [1.54, 1.807) is 6.26 Å². The van der Waals surface area contributed by atoms with Crippen molar-refractivity contribution < 1.29 is 9.21 Å². The predicted molar refractivity (Wildman–Crippen MR) is 96.3 cm³/mol. The lowest BCUT2D eigenvalue weighted by Gasteiger charge is -2.07. The van der Waals surface area contributed by atoms with Crippen LogP contribution in [0.3, 0.4) is 0 Å². The minimum absolute atomic E-state index is 0.0702. The molecule has 0 fully saturated rings. The van der Waals surface area contributed by atoms with Gasteiger partial charge in [-0.3, -0.25) is 9.20 Å². The molecule has 0 unspecified atom stereocenters. The van der Waals surface area contributed by atoms with Crippen LogP contribution in [0.4, 0.5) is 5.82 Å². The van der Waals surface area contributed by atoms with Gasteiger partial charge in [-0.2, -0.15) is 0 Å². The maximum atomic E-state index is 12.4. The molecule has 0 saturated carbocycles. The largest absolute Gasteiger partial charge is 0.469 e. The van der Waals surface area contributed by atoms with E-state index in [0.29, 0.717) is 18.7 Å². The average molecular weight is 331 g/mol. The molecule has 5 nitrogen and oxygen atoms in total. The Morgan fingerprint density at radius 2 is 1.88 bits per heavy atom. The fourth-order valence-corrected chi connectivity index (χ4v) is 2.80. The second-order valence-electron chi connectivity index (χ2n) is 5.73. The van der Waals surface area contributed by atoms with Gasteiger partial charge in [0.25, 0.3) is 0 Å². The van der Waals surface area contributed by atoms with Crippen LogP contribution in [-0.4, -0.2) is 15.3 Å².